The zero-order chi connectivity index (χ0) is 7.84. The van der Waals surface area contributed by atoms with Gasteiger partial charge < -0.3 is 10.9 Å². The molecule has 60 valence electrons. The first-order valence-corrected chi connectivity index (χ1v) is 4.21. The second-order valence-corrected chi connectivity index (χ2v) is 3.31. The van der Waals surface area contributed by atoms with Gasteiger partial charge in [0.2, 0.25) is 0 Å². The van der Waals surface area contributed by atoms with Gasteiger partial charge in [-0.15, -0.1) is 0 Å². The number of fused-ring (bicyclic) bond motifs is 1. The van der Waals surface area contributed by atoms with Gasteiger partial charge in [0.15, 0.2) is 0 Å². The highest BCUT2D eigenvalue weighted by Gasteiger charge is 2.21. The number of hydrazine groups is 1. The van der Waals surface area contributed by atoms with Gasteiger partial charge in [-0.2, -0.15) is 0 Å². The average Bonchev–Trinajstić information content (AvgIpc) is 2.45. The lowest BCUT2D eigenvalue weighted by molar-refractivity contribution is 0.657. The zero-order valence-corrected chi connectivity index (χ0v) is 7.12. The molecule has 0 saturated heterocycles. The van der Waals surface area contributed by atoms with Crippen LogP contribution in [0.1, 0.15) is 33.1 Å². The number of hydrogen-bond acceptors (Lipinski definition) is 2. The normalized spacial score (nSPS) is 23.1. The molecule has 1 aliphatic heterocycles. The molecule has 0 amide bonds. The fraction of sp³-hybridized carbons (Fsp3) is 0.556. The molecule has 2 aliphatic rings. The number of hydrogen-bond donors (Lipinski definition) is 2. The molecule has 0 bridgehead atoms. The average molecular weight is 150 g/mol. The van der Waals surface area contributed by atoms with E-state index in [1.165, 1.54) is 30.7 Å². The Bertz CT molecular complexity index is 222. The van der Waals surface area contributed by atoms with Crippen molar-refractivity contribution in [3.8, 4) is 0 Å². The summed E-state index contributed by atoms with van der Waals surface area (Å²) in [6, 6.07) is 0. The van der Waals surface area contributed by atoms with E-state index < -0.39 is 0 Å². The molecule has 0 spiro atoms. The van der Waals surface area contributed by atoms with Crippen molar-refractivity contribution in [1.29, 1.82) is 0 Å². The van der Waals surface area contributed by atoms with E-state index >= 15 is 0 Å². The molecule has 0 aromatic carbocycles. The molecule has 2 N–H and O–H groups in total. The summed E-state index contributed by atoms with van der Waals surface area (Å²) in [6.07, 6.45) is 3.84. The number of allylic oxidation sites excluding steroid dienone is 4. The molecule has 0 unspecified atom stereocenters. The molecule has 0 aromatic heterocycles. The smallest absolute Gasteiger partial charge is 0.0318 e. The van der Waals surface area contributed by atoms with Crippen molar-refractivity contribution >= 4 is 0 Å². The first kappa shape index (κ1) is 6.77. The van der Waals surface area contributed by atoms with E-state index in [0.717, 1.165) is 0 Å². The van der Waals surface area contributed by atoms with Crippen LogP contribution in [0.25, 0.3) is 0 Å². The third kappa shape index (κ3) is 0.934. The highest BCUT2D eigenvalue weighted by molar-refractivity contribution is 5.42. The lowest BCUT2D eigenvalue weighted by Gasteiger charge is -2.21. The van der Waals surface area contributed by atoms with Crippen molar-refractivity contribution in [1.82, 2.24) is 10.9 Å². The molecule has 0 atom stereocenters. The maximum absolute atomic E-state index is 3.17. The summed E-state index contributed by atoms with van der Waals surface area (Å²) in [5.41, 5.74) is 12.1. The molecule has 2 nitrogen and oxygen atoms in total. The highest BCUT2D eigenvalue weighted by atomic mass is 15.4. The predicted octanol–water partition coefficient (Wildman–Crippen LogP) is 1.83. The minimum Gasteiger partial charge on any atom is -0.305 e. The summed E-state index contributed by atoms with van der Waals surface area (Å²) in [5.74, 6) is 0. The molecule has 1 heterocycles. The summed E-state index contributed by atoms with van der Waals surface area (Å²) >= 11 is 0. The quantitative estimate of drug-likeness (QED) is 0.550. The van der Waals surface area contributed by atoms with Gasteiger partial charge >= 0.3 is 0 Å². The van der Waals surface area contributed by atoms with Crippen LogP contribution in [0.5, 0.6) is 0 Å². The molecule has 1 fully saturated rings. The number of rotatable bonds is 0. The van der Waals surface area contributed by atoms with E-state index in [2.05, 4.69) is 24.7 Å². The van der Waals surface area contributed by atoms with Gasteiger partial charge in [-0.05, 0) is 44.3 Å². The Labute approximate surface area is 67.3 Å². The van der Waals surface area contributed by atoms with Crippen molar-refractivity contribution < 1.29 is 0 Å². The standard InChI is InChI=1S/C9H14N2/c1-6-8-4-3-5-9(8)7(2)11-10-6/h10-11H,3-5H2,1-2H3. The summed E-state index contributed by atoms with van der Waals surface area (Å²) in [5, 5.41) is 0. The fourth-order valence-corrected chi connectivity index (χ4v) is 1.91. The van der Waals surface area contributed by atoms with Gasteiger partial charge in [-0.3, -0.25) is 0 Å². The molecule has 2 heteroatoms. The topological polar surface area (TPSA) is 24.1 Å². The summed E-state index contributed by atoms with van der Waals surface area (Å²) < 4.78 is 0. The first-order valence-electron chi connectivity index (χ1n) is 4.21. The van der Waals surface area contributed by atoms with Crippen LogP contribution in [0, 0.1) is 0 Å². The highest BCUT2D eigenvalue weighted by Crippen LogP contribution is 2.34. The van der Waals surface area contributed by atoms with Crippen LogP contribution in [-0.2, 0) is 0 Å². The minimum atomic E-state index is 1.26. The van der Waals surface area contributed by atoms with E-state index in [0.29, 0.717) is 0 Å². The Morgan fingerprint density at radius 3 is 1.82 bits per heavy atom. The molecular weight excluding hydrogens is 136 g/mol. The zero-order valence-electron chi connectivity index (χ0n) is 7.12. The lowest BCUT2D eigenvalue weighted by Crippen LogP contribution is -2.33. The van der Waals surface area contributed by atoms with Crippen molar-refractivity contribution in [3.63, 3.8) is 0 Å². The fourth-order valence-electron chi connectivity index (χ4n) is 1.91. The summed E-state index contributed by atoms with van der Waals surface area (Å²) in [6.45, 7) is 4.28. The molecular formula is C9H14N2. The van der Waals surface area contributed by atoms with Crippen molar-refractivity contribution in [3.05, 3.63) is 22.5 Å². The Morgan fingerprint density at radius 2 is 1.36 bits per heavy atom. The maximum atomic E-state index is 3.17. The molecule has 1 aliphatic carbocycles. The third-order valence-electron chi connectivity index (χ3n) is 2.56. The van der Waals surface area contributed by atoms with Crippen LogP contribution in [-0.4, -0.2) is 0 Å². The maximum Gasteiger partial charge on any atom is 0.0318 e. The van der Waals surface area contributed by atoms with Crippen molar-refractivity contribution in [2.24, 2.45) is 0 Å². The van der Waals surface area contributed by atoms with Crippen LogP contribution in [0.4, 0.5) is 0 Å². The van der Waals surface area contributed by atoms with Crippen LogP contribution >= 0.6 is 0 Å². The first-order chi connectivity index (χ1) is 5.29. The van der Waals surface area contributed by atoms with Crippen molar-refractivity contribution in [2.75, 3.05) is 0 Å². The SMILES string of the molecule is CC1=C2CCCC2=C(C)NN1. The van der Waals surface area contributed by atoms with E-state index in [-0.39, 0.29) is 0 Å². The van der Waals surface area contributed by atoms with E-state index in [4.69, 9.17) is 0 Å². The second kappa shape index (κ2) is 2.29. The van der Waals surface area contributed by atoms with E-state index in [1.54, 1.807) is 11.1 Å². The van der Waals surface area contributed by atoms with Gasteiger partial charge in [0.25, 0.3) is 0 Å². The second-order valence-electron chi connectivity index (χ2n) is 3.31. The van der Waals surface area contributed by atoms with E-state index in [9.17, 15) is 0 Å². The van der Waals surface area contributed by atoms with Gasteiger partial charge in [-0.1, -0.05) is 0 Å². The largest absolute Gasteiger partial charge is 0.305 e. The lowest BCUT2D eigenvalue weighted by atomic mass is 10.1. The Hall–Kier alpha value is -0.920. The Balaban J connectivity index is 2.45. The minimum absolute atomic E-state index is 1.26. The number of nitrogens with one attached hydrogen (secondary N) is 2. The van der Waals surface area contributed by atoms with Crippen LogP contribution < -0.4 is 10.9 Å². The molecule has 11 heavy (non-hydrogen) atoms. The monoisotopic (exact) mass is 150 g/mol. The summed E-state index contributed by atoms with van der Waals surface area (Å²) in [7, 11) is 0. The Morgan fingerprint density at radius 1 is 0.909 bits per heavy atom. The van der Waals surface area contributed by atoms with Crippen LogP contribution in [0.2, 0.25) is 0 Å². The van der Waals surface area contributed by atoms with Crippen molar-refractivity contribution in [2.45, 2.75) is 33.1 Å². The Kier molecular flexibility index (Phi) is 1.41. The summed E-state index contributed by atoms with van der Waals surface area (Å²) in [4.78, 5) is 0. The van der Waals surface area contributed by atoms with E-state index in [1.807, 2.05) is 0 Å². The molecule has 1 saturated carbocycles. The molecule has 2 rings (SSSR count). The van der Waals surface area contributed by atoms with Gasteiger partial charge in [-0.25, -0.2) is 0 Å². The predicted molar refractivity (Wildman–Crippen MR) is 45.5 cm³/mol. The third-order valence-corrected chi connectivity index (χ3v) is 2.56. The molecule has 0 radical (unpaired) electrons. The van der Waals surface area contributed by atoms with Crippen LogP contribution in [0.15, 0.2) is 22.5 Å². The van der Waals surface area contributed by atoms with Gasteiger partial charge in [0.1, 0.15) is 0 Å². The van der Waals surface area contributed by atoms with Gasteiger partial charge in [0.05, 0.1) is 0 Å². The van der Waals surface area contributed by atoms with Crippen LogP contribution in [0.3, 0.4) is 0 Å². The van der Waals surface area contributed by atoms with Gasteiger partial charge in [0, 0.05) is 11.4 Å². The molecule has 0 aromatic rings.